The molecule has 0 heterocycles. The summed E-state index contributed by atoms with van der Waals surface area (Å²) in [5, 5.41) is 12.1. The summed E-state index contributed by atoms with van der Waals surface area (Å²) in [7, 11) is 3.16. The highest BCUT2D eigenvalue weighted by atomic mass is 16.5. The summed E-state index contributed by atoms with van der Waals surface area (Å²) in [5.41, 5.74) is 0.991. The van der Waals surface area contributed by atoms with Crippen LogP contribution in [0.15, 0.2) is 30.9 Å². The molecule has 1 aromatic carbocycles. The fourth-order valence-corrected chi connectivity index (χ4v) is 1.97. The first-order chi connectivity index (χ1) is 9.60. The van der Waals surface area contributed by atoms with Gasteiger partial charge in [-0.3, -0.25) is 4.79 Å². The maximum Gasteiger partial charge on any atom is 0.304 e. The average Bonchev–Trinajstić information content (AvgIpc) is 2.44. The van der Waals surface area contributed by atoms with Crippen LogP contribution in [0.2, 0.25) is 0 Å². The topological polar surface area (TPSA) is 67.8 Å². The number of rotatable bonds is 9. The van der Waals surface area contributed by atoms with E-state index < -0.39 is 5.97 Å². The summed E-state index contributed by atoms with van der Waals surface area (Å²) in [6, 6.07) is 5.44. The van der Waals surface area contributed by atoms with E-state index in [4.69, 9.17) is 14.6 Å². The second-order valence-corrected chi connectivity index (χ2v) is 4.39. The number of hydrogen-bond donors (Lipinski definition) is 2. The quantitative estimate of drug-likeness (QED) is 0.675. The van der Waals surface area contributed by atoms with Crippen molar-refractivity contribution in [1.82, 2.24) is 5.32 Å². The van der Waals surface area contributed by atoms with Crippen molar-refractivity contribution in [3.05, 3.63) is 36.4 Å². The Morgan fingerprint density at radius 1 is 1.40 bits per heavy atom. The lowest BCUT2D eigenvalue weighted by molar-refractivity contribution is -0.137. The lowest BCUT2D eigenvalue weighted by Gasteiger charge is -2.17. The molecule has 1 rings (SSSR count). The second-order valence-electron chi connectivity index (χ2n) is 4.39. The minimum atomic E-state index is -0.827. The molecule has 1 aromatic rings. The first-order valence-corrected chi connectivity index (χ1v) is 6.37. The molecule has 5 heteroatoms. The molecule has 0 spiro atoms. The highest BCUT2D eigenvalue weighted by Crippen LogP contribution is 2.28. The van der Waals surface area contributed by atoms with Gasteiger partial charge in [-0.25, -0.2) is 0 Å². The van der Waals surface area contributed by atoms with Gasteiger partial charge in [-0.15, -0.1) is 6.58 Å². The van der Waals surface area contributed by atoms with Crippen LogP contribution in [0, 0.1) is 0 Å². The van der Waals surface area contributed by atoms with Crippen LogP contribution >= 0.6 is 0 Å². The van der Waals surface area contributed by atoms with Crippen molar-refractivity contribution in [2.24, 2.45) is 0 Å². The minimum Gasteiger partial charge on any atom is -0.493 e. The van der Waals surface area contributed by atoms with Crippen LogP contribution in [0.25, 0.3) is 0 Å². The van der Waals surface area contributed by atoms with Gasteiger partial charge in [-0.05, 0) is 24.1 Å². The van der Waals surface area contributed by atoms with Crippen LogP contribution in [0.5, 0.6) is 11.5 Å². The molecule has 0 aliphatic carbocycles. The van der Waals surface area contributed by atoms with Gasteiger partial charge >= 0.3 is 5.97 Å². The summed E-state index contributed by atoms with van der Waals surface area (Å²) >= 11 is 0. The standard InChI is InChI=1S/C15H21NO4/c1-4-7-16-12(10-15(17)18)8-11-5-6-13(19-2)14(9-11)20-3/h4-6,9,12,16H,1,7-8,10H2,2-3H3,(H,17,18). The Balaban J connectivity index is 2.81. The van der Waals surface area contributed by atoms with E-state index in [0.717, 1.165) is 5.56 Å². The Morgan fingerprint density at radius 3 is 2.65 bits per heavy atom. The molecule has 0 saturated carbocycles. The number of carboxylic acids is 1. The monoisotopic (exact) mass is 279 g/mol. The van der Waals surface area contributed by atoms with Gasteiger partial charge in [0, 0.05) is 12.6 Å². The predicted molar refractivity (Wildman–Crippen MR) is 77.5 cm³/mol. The fourth-order valence-electron chi connectivity index (χ4n) is 1.97. The average molecular weight is 279 g/mol. The molecule has 0 fully saturated rings. The predicted octanol–water partition coefficient (Wildman–Crippen LogP) is 1.87. The van der Waals surface area contributed by atoms with E-state index in [1.165, 1.54) is 0 Å². The largest absolute Gasteiger partial charge is 0.493 e. The van der Waals surface area contributed by atoms with E-state index in [9.17, 15) is 4.79 Å². The molecule has 5 nitrogen and oxygen atoms in total. The van der Waals surface area contributed by atoms with Crippen LogP contribution in [-0.4, -0.2) is 37.9 Å². The fraction of sp³-hybridized carbons (Fsp3) is 0.400. The maximum absolute atomic E-state index is 10.9. The number of carboxylic acid groups (broad SMARTS) is 1. The summed E-state index contributed by atoms with van der Waals surface area (Å²) in [6.07, 6.45) is 2.37. The molecule has 0 aliphatic rings. The highest BCUT2D eigenvalue weighted by molar-refractivity contribution is 5.67. The Morgan fingerprint density at radius 2 is 2.10 bits per heavy atom. The van der Waals surface area contributed by atoms with E-state index in [1.807, 2.05) is 18.2 Å². The third-order valence-electron chi connectivity index (χ3n) is 2.90. The molecular formula is C15H21NO4. The van der Waals surface area contributed by atoms with Gasteiger partial charge in [0.15, 0.2) is 11.5 Å². The number of hydrogen-bond acceptors (Lipinski definition) is 4. The molecule has 110 valence electrons. The number of benzene rings is 1. The third kappa shape index (κ3) is 4.93. The molecule has 0 aromatic heterocycles. The van der Waals surface area contributed by atoms with Gasteiger partial charge in [0.25, 0.3) is 0 Å². The van der Waals surface area contributed by atoms with Crippen molar-refractivity contribution in [3.8, 4) is 11.5 Å². The number of methoxy groups -OCH3 is 2. The zero-order valence-electron chi connectivity index (χ0n) is 11.9. The lowest BCUT2D eigenvalue weighted by atomic mass is 10.0. The molecule has 0 bridgehead atoms. The first kappa shape index (κ1) is 16.0. The SMILES string of the molecule is C=CCNC(CC(=O)O)Cc1ccc(OC)c(OC)c1. The van der Waals surface area contributed by atoms with Crippen molar-refractivity contribution >= 4 is 5.97 Å². The van der Waals surface area contributed by atoms with Gasteiger partial charge < -0.3 is 19.9 Å². The van der Waals surface area contributed by atoms with Crippen molar-refractivity contribution in [2.45, 2.75) is 18.9 Å². The van der Waals surface area contributed by atoms with Crippen molar-refractivity contribution in [2.75, 3.05) is 20.8 Å². The molecule has 2 N–H and O–H groups in total. The van der Waals surface area contributed by atoms with Gasteiger partial charge in [0.2, 0.25) is 0 Å². The Kier molecular flexibility index (Phi) is 6.59. The molecule has 0 aliphatic heterocycles. The van der Waals surface area contributed by atoms with E-state index in [2.05, 4.69) is 11.9 Å². The van der Waals surface area contributed by atoms with Crippen molar-refractivity contribution < 1.29 is 19.4 Å². The van der Waals surface area contributed by atoms with Crippen LogP contribution < -0.4 is 14.8 Å². The summed E-state index contributed by atoms with van der Waals surface area (Å²) in [6.45, 7) is 4.20. The smallest absolute Gasteiger partial charge is 0.304 e. The first-order valence-electron chi connectivity index (χ1n) is 6.37. The lowest BCUT2D eigenvalue weighted by Crippen LogP contribution is -2.33. The highest BCUT2D eigenvalue weighted by Gasteiger charge is 2.14. The molecule has 20 heavy (non-hydrogen) atoms. The summed E-state index contributed by atoms with van der Waals surface area (Å²) < 4.78 is 10.4. The maximum atomic E-state index is 10.9. The van der Waals surface area contributed by atoms with E-state index in [-0.39, 0.29) is 12.5 Å². The normalized spacial score (nSPS) is 11.7. The zero-order valence-corrected chi connectivity index (χ0v) is 11.9. The third-order valence-corrected chi connectivity index (χ3v) is 2.90. The summed E-state index contributed by atoms with van der Waals surface area (Å²) in [4.78, 5) is 10.9. The number of nitrogens with one attached hydrogen (secondary N) is 1. The van der Waals surface area contributed by atoms with E-state index in [1.54, 1.807) is 20.3 Å². The van der Waals surface area contributed by atoms with Gasteiger partial charge in [-0.2, -0.15) is 0 Å². The van der Waals surface area contributed by atoms with Crippen molar-refractivity contribution in [3.63, 3.8) is 0 Å². The molecule has 0 radical (unpaired) electrons. The van der Waals surface area contributed by atoms with Gasteiger partial charge in [0.05, 0.1) is 20.6 Å². The van der Waals surface area contributed by atoms with E-state index >= 15 is 0 Å². The van der Waals surface area contributed by atoms with Crippen LogP contribution in [-0.2, 0) is 11.2 Å². The zero-order chi connectivity index (χ0) is 15.0. The van der Waals surface area contributed by atoms with Crippen molar-refractivity contribution in [1.29, 1.82) is 0 Å². The molecule has 1 unspecified atom stereocenters. The van der Waals surface area contributed by atoms with Crippen LogP contribution in [0.3, 0.4) is 0 Å². The Labute approximate surface area is 119 Å². The number of aliphatic carboxylic acids is 1. The van der Waals surface area contributed by atoms with Gasteiger partial charge in [0.1, 0.15) is 0 Å². The van der Waals surface area contributed by atoms with Crippen LogP contribution in [0.4, 0.5) is 0 Å². The van der Waals surface area contributed by atoms with Crippen LogP contribution in [0.1, 0.15) is 12.0 Å². The minimum absolute atomic E-state index is 0.0577. The molecule has 0 amide bonds. The molecular weight excluding hydrogens is 258 g/mol. The van der Waals surface area contributed by atoms with E-state index in [0.29, 0.717) is 24.5 Å². The molecule has 1 atom stereocenters. The molecule has 0 saturated heterocycles. The summed E-state index contributed by atoms with van der Waals surface area (Å²) in [5.74, 6) is 0.472. The Hall–Kier alpha value is -2.01. The second kappa shape index (κ2) is 8.22. The van der Waals surface area contributed by atoms with Gasteiger partial charge in [-0.1, -0.05) is 12.1 Å². The Bertz CT molecular complexity index is 459. The number of carbonyl (C=O) groups is 1. The number of ether oxygens (including phenoxy) is 2.